The first kappa shape index (κ1) is 14.3. The number of nitriles is 1. The number of carbonyl (C=O) groups excluding carboxylic acids is 1. The van der Waals surface area contributed by atoms with Crippen LogP contribution < -0.4 is 0 Å². The van der Waals surface area contributed by atoms with Gasteiger partial charge in [0, 0.05) is 11.4 Å². The zero-order valence-corrected chi connectivity index (χ0v) is 13.0. The third kappa shape index (κ3) is 2.47. The second-order valence-corrected chi connectivity index (χ2v) is 5.83. The number of aliphatic imine (C=N–C) groups is 1. The van der Waals surface area contributed by atoms with Crippen molar-refractivity contribution in [3.05, 3.63) is 51.1 Å². The van der Waals surface area contributed by atoms with Crippen LogP contribution in [-0.2, 0) is 16.1 Å². The molecule has 22 heavy (non-hydrogen) atoms. The molecule has 0 atom stereocenters. The second-order valence-electron chi connectivity index (χ2n) is 4.88. The topological polar surface area (TPSA) is 67.4 Å². The van der Waals surface area contributed by atoms with Gasteiger partial charge in [-0.05, 0) is 43.0 Å². The molecule has 0 saturated heterocycles. The van der Waals surface area contributed by atoms with Crippen LogP contribution in [0, 0.1) is 25.2 Å². The number of rotatable bonds is 3. The molecule has 0 spiro atoms. The summed E-state index contributed by atoms with van der Waals surface area (Å²) in [6.07, 6.45) is 1.71. The Labute approximate surface area is 131 Å². The molecule has 0 fully saturated rings. The third-order valence-electron chi connectivity index (χ3n) is 3.49. The highest BCUT2D eigenvalue weighted by molar-refractivity contribution is 7.12. The van der Waals surface area contributed by atoms with E-state index >= 15 is 0 Å². The zero-order chi connectivity index (χ0) is 15.7. The largest absolute Gasteiger partial charge is 0.401 e. The molecule has 110 valence electrons. The average molecular weight is 311 g/mol. The summed E-state index contributed by atoms with van der Waals surface area (Å²) < 4.78 is 7.11. The van der Waals surface area contributed by atoms with Crippen LogP contribution in [0.4, 0.5) is 0 Å². The van der Waals surface area contributed by atoms with E-state index in [1.54, 1.807) is 6.08 Å². The van der Waals surface area contributed by atoms with Gasteiger partial charge in [-0.3, -0.25) is 0 Å². The number of ether oxygens (including phenoxy) is 1. The Morgan fingerprint density at radius 1 is 1.50 bits per heavy atom. The fourth-order valence-electron chi connectivity index (χ4n) is 2.35. The number of hydrogen-bond acceptors (Lipinski definition) is 5. The van der Waals surface area contributed by atoms with Gasteiger partial charge in [0.1, 0.15) is 6.54 Å². The van der Waals surface area contributed by atoms with Crippen LogP contribution in [-0.4, -0.2) is 16.4 Å². The first-order chi connectivity index (χ1) is 10.6. The molecule has 2 aromatic heterocycles. The summed E-state index contributed by atoms with van der Waals surface area (Å²) in [5.41, 5.74) is 3.05. The minimum Gasteiger partial charge on any atom is -0.401 e. The maximum atomic E-state index is 12.0. The van der Waals surface area contributed by atoms with Gasteiger partial charge in [-0.15, -0.1) is 11.3 Å². The zero-order valence-electron chi connectivity index (χ0n) is 12.2. The lowest BCUT2D eigenvalue weighted by atomic mass is 10.2. The average Bonchev–Trinajstić information content (AvgIpc) is 3.18. The van der Waals surface area contributed by atoms with E-state index in [1.165, 1.54) is 11.3 Å². The van der Waals surface area contributed by atoms with Crippen LogP contribution in [0.5, 0.6) is 0 Å². The molecular formula is C16H13N3O2S. The minimum atomic E-state index is -0.450. The number of hydrogen-bond donors (Lipinski definition) is 0. The molecule has 0 bridgehead atoms. The summed E-state index contributed by atoms with van der Waals surface area (Å²) in [5, 5.41) is 10.8. The number of carbonyl (C=O) groups is 1. The van der Waals surface area contributed by atoms with Crippen molar-refractivity contribution in [3.63, 3.8) is 0 Å². The first-order valence-corrected chi connectivity index (χ1v) is 7.58. The molecule has 1 aliphatic rings. The van der Waals surface area contributed by atoms with Crippen LogP contribution >= 0.6 is 11.3 Å². The molecule has 0 radical (unpaired) electrons. The molecule has 3 rings (SSSR count). The fourth-order valence-corrected chi connectivity index (χ4v) is 3.00. The number of thiophene rings is 1. The summed E-state index contributed by atoms with van der Waals surface area (Å²) in [6, 6.07) is 7.81. The van der Waals surface area contributed by atoms with E-state index in [1.807, 2.05) is 42.0 Å². The van der Waals surface area contributed by atoms with E-state index in [0.29, 0.717) is 5.90 Å². The molecule has 0 unspecified atom stereocenters. The van der Waals surface area contributed by atoms with Gasteiger partial charge in [-0.1, -0.05) is 6.07 Å². The number of esters is 1. The molecular weight excluding hydrogens is 298 g/mol. The van der Waals surface area contributed by atoms with Gasteiger partial charge in [0.2, 0.25) is 5.90 Å². The van der Waals surface area contributed by atoms with Crippen molar-refractivity contribution < 1.29 is 9.53 Å². The summed E-state index contributed by atoms with van der Waals surface area (Å²) in [5.74, 6) is -0.106. The lowest BCUT2D eigenvalue weighted by Crippen LogP contribution is -2.03. The highest BCUT2D eigenvalue weighted by Crippen LogP contribution is 2.24. The normalized spacial score (nSPS) is 15.8. The Balaban J connectivity index is 1.97. The number of cyclic esters (lactones) is 1. The highest BCUT2D eigenvalue weighted by Gasteiger charge is 2.25. The number of aromatic nitrogens is 1. The summed E-state index contributed by atoms with van der Waals surface area (Å²) in [4.78, 5) is 17.1. The number of nitrogens with zero attached hydrogens (tertiary/aromatic N) is 3. The van der Waals surface area contributed by atoms with E-state index in [9.17, 15) is 4.79 Å². The van der Waals surface area contributed by atoms with Crippen LogP contribution in [0.2, 0.25) is 0 Å². The van der Waals surface area contributed by atoms with Crippen molar-refractivity contribution in [2.75, 3.05) is 0 Å². The lowest BCUT2D eigenvalue weighted by Gasteiger charge is -2.02. The Hall–Kier alpha value is -2.65. The molecule has 5 nitrogen and oxygen atoms in total. The molecule has 0 N–H and O–H groups in total. The van der Waals surface area contributed by atoms with E-state index in [0.717, 1.165) is 21.8 Å². The van der Waals surface area contributed by atoms with Crippen molar-refractivity contribution in [1.82, 2.24) is 4.57 Å². The minimum absolute atomic E-state index is 0.278. The van der Waals surface area contributed by atoms with Gasteiger partial charge in [0.05, 0.1) is 10.9 Å². The molecule has 0 aromatic carbocycles. The lowest BCUT2D eigenvalue weighted by molar-refractivity contribution is -0.129. The van der Waals surface area contributed by atoms with Crippen molar-refractivity contribution in [3.8, 4) is 6.07 Å². The third-order valence-corrected chi connectivity index (χ3v) is 4.34. The monoisotopic (exact) mass is 311 g/mol. The maximum Gasteiger partial charge on any atom is 0.363 e. The predicted octanol–water partition coefficient (Wildman–Crippen LogP) is 3.03. The first-order valence-electron chi connectivity index (χ1n) is 6.70. The fraction of sp³-hybridized carbons (Fsp3) is 0.188. The quantitative estimate of drug-likeness (QED) is 0.646. The molecule has 0 aliphatic carbocycles. The van der Waals surface area contributed by atoms with Gasteiger partial charge in [-0.2, -0.15) is 5.26 Å². The van der Waals surface area contributed by atoms with Gasteiger partial charge in [0.15, 0.2) is 5.70 Å². The number of aryl methyl sites for hydroxylation is 1. The Kier molecular flexibility index (Phi) is 3.65. The molecule has 2 aromatic rings. The molecule has 1 aliphatic heterocycles. The Bertz CT molecular complexity index is 836. The van der Waals surface area contributed by atoms with Gasteiger partial charge in [-0.25, -0.2) is 9.79 Å². The molecule has 0 saturated carbocycles. The van der Waals surface area contributed by atoms with E-state index < -0.39 is 5.97 Å². The SMILES string of the molecule is Cc1cc(/C=C2\N=C(c3cccs3)OC2=O)c(C)n1CC#N. The summed E-state index contributed by atoms with van der Waals surface area (Å²) >= 11 is 1.47. The van der Waals surface area contributed by atoms with Crippen molar-refractivity contribution >= 4 is 29.3 Å². The Morgan fingerprint density at radius 2 is 2.32 bits per heavy atom. The van der Waals surface area contributed by atoms with Crippen molar-refractivity contribution in [1.29, 1.82) is 5.26 Å². The van der Waals surface area contributed by atoms with E-state index in [2.05, 4.69) is 11.1 Å². The Morgan fingerprint density at radius 3 is 3.00 bits per heavy atom. The van der Waals surface area contributed by atoms with Gasteiger partial charge < -0.3 is 9.30 Å². The van der Waals surface area contributed by atoms with Gasteiger partial charge >= 0.3 is 5.97 Å². The van der Waals surface area contributed by atoms with Gasteiger partial charge in [0.25, 0.3) is 0 Å². The van der Waals surface area contributed by atoms with Crippen molar-refractivity contribution in [2.24, 2.45) is 4.99 Å². The standard InChI is InChI=1S/C16H13N3O2S/c1-10-8-12(11(2)19(10)6-5-17)9-13-16(20)21-15(18-13)14-4-3-7-22-14/h3-4,7-9H,6H2,1-2H3/b13-9-. The van der Waals surface area contributed by atoms with E-state index in [4.69, 9.17) is 10.00 Å². The molecule has 0 amide bonds. The smallest absolute Gasteiger partial charge is 0.363 e. The predicted molar refractivity (Wildman–Crippen MR) is 84.4 cm³/mol. The van der Waals surface area contributed by atoms with Crippen LogP contribution in [0.1, 0.15) is 21.8 Å². The second kappa shape index (κ2) is 5.62. The molecule has 3 heterocycles. The van der Waals surface area contributed by atoms with Crippen LogP contribution in [0.15, 0.2) is 34.3 Å². The highest BCUT2D eigenvalue weighted by atomic mass is 32.1. The molecule has 6 heteroatoms. The van der Waals surface area contributed by atoms with Crippen LogP contribution in [0.3, 0.4) is 0 Å². The summed E-state index contributed by atoms with van der Waals surface area (Å²) in [7, 11) is 0. The summed E-state index contributed by atoms with van der Waals surface area (Å²) in [6.45, 7) is 4.13. The van der Waals surface area contributed by atoms with Crippen LogP contribution in [0.25, 0.3) is 6.08 Å². The van der Waals surface area contributed by atoms with E-state index in [-0.39, 0.29) is 12.2 Å². The van der Waals surface area contributed by atoms with Crippen molar-refractivity contribution in [2.45, 2.75) is 20.4 Å². The maximum absolute atomic E-state index is 12.0.